The fraction of sp³-hybridized carbons (Fsp3) is 0.600. The molecule has 1 aliphatic heterocycles. The van der Waals surface area contributed by atoms with Crippen molar-refractivity contribution in [2.75, 3.05) is 26.2 Å². The van der Waals surface area contributed by atoms with E-state index in [9.17, 15) is 9.50 Å². The normalized spacial score (nSPS) is 17.3. The molecule has 0 unspecified atom stereocenters. The Morgan fingerprint density at radius 1 is 1.23 bits per heavy atom. The first-order valence-corrected chi connectivity index (χ1v) is 7.73. The first-order chi connectivity index (χ1) is 9.32. The van der Waals surface area contributed by atoms with Gasteiger partial charge in [-0.05, 0) is 27.4 Å². The molecule has 7 heteroatoms. The van der Waals surface area contributed by atoms with Crippen molar-refractivity contribution in [3.05, 3.63) is 28.0 Å². The summed E-state index contributed by atoms with van der Waals surface area (Å²) in [5.41, 5.74) is 0.735. The van der Waals surface area contributed by atoms with Crippen molar-refractivity contribution in [3.63, 3.8) is 0 Å². The standard InChI is InChI=1S/C15H22BrFN2O.2ClH/c1-15(2,3)14(19-8-6-18-7-9-19)10-4-5-11(17)12(16)13(10)20;;/h4-5,14,18,20H,6-9H2,1-3H3;2*1H/t14-;;/m1../s1. The Bertz CT molecular complexity index is 491. The number of nitrogens with one attached hydrogen (secondary N) is 1. The fourth-order valence-electron chi connectivity index (χ4n) is 2.93. The summed E-state index contributed by atoms with van der Waals surface area (Å²) in [6.07, 6.45) is 0. The summed E-state index contributed by atoms with van der Waals surface area (Å²) in [5.74, 6) is -0.414. The third kappa shape index (κ3) is 4.71. The van der Waals surface area contributed by atoms with E-state index in [1.54, 1.807) is 6.07 Å². The fourth-order valence-corrected chi connectivity index (χ4v) is 3.29. The van der Waals surface area contributed by atoms with Crippen molar-refractivity contribution < 1.29 is 9.50 Å². The van der Waals surface area contributed by atoms with E-state index in [1.807, 2.05) is 0 Å². The van der Waals surface area contributed by atoms with Crippen LogP contribution < -0.4 is 5.32 Å². The van der Waals surface area contributed by atoms with E-state index in [4.69, 9.17) is 0 Å². The molecule has 0 aromatic heterocycles. The first kappa shape index (κ1) is 21.9. The Morgan fingerprint density at radius 2 is 1.77 bits per heavy atom. The van der Waals surface area contributed by atoms with Crippen LogP contribution in [0.25, 0.3) is 0 Å². The van der Waals surface area contributed by atoms with Gasteiger partial charge in [-0.3, -0.25) is 4.90 Å². The van der Waals surface area contributed by atoms with Crippen molar-refractivity contribution in [3.8, 4) is 5.75 Å². The van der Waals surface area contributed by atoms with Crippen LogP contribution >= 0.6 is 40.7 Å². The molecule has 0 aliphatic carbocycles. The third-order valence-corrected chi connectivity index (χ3v) is 4.49. The van der Waals surface area contributed by atoms with Gasteiger partial charge in [0.25, 0.3) is 0 Å². The summed E-state index contributed by atoms with van der Waals surface area (Å²) in [6.45, 7) is 10.2. The van der Waals surface area contributed by atoms with E-state index in [0.29, 0.717) is 0 Å². The summed E-state index contributed by atoms with van der Waals surface area (Å²) in [7, 11) is 0. The molecule has 0 bridgehead atoms. The molecule has 0 spiro atoms. The Morgan fingerprint density at radius 3 is 2.27 bits per heavy atom. The van der Waals surface area contributed by atoms with Crippen LogP contribution in [0.5, 0.6) is 5.75 Å². The molecule has 0 radical (unpaired) electrons. The van der Waals surface area contributed by atoms with Gasteiger partial charge in [0, 0.05) is 37.8 Å². The van der Waals surface area contributed by atoms with Crippen LogP contribution in [-0.2, 0) is 0 Å². The summed E-state index contributed by atoms with van der Waals surface area (Å²) < 4.78 is 13.7. The second-order valence-corrected chi connectivity index (χ2v) is 7.15. The maximum absolute atomic E-state index is 13.5. The predicted molar refractivity (Wildman–Crippen MR) is 96.9 cm³/mol. The number of aromatic hydroxyl groups is 1. The zero-order chi connectivity index (χ0) is 14.9. The number of phenols is 1. The second-order valence-electron chi connectivity index (χ2n) is 6.35. The molecule has 1 heterocycles. The van der Waals surface area contributed by atoms with Crippen LogP contribution in [0.2, 0.25) is 0 Å². The quantitative estimate of drug-likeness (QED) is 0.759. The van der Waals surface area contributed by atoms with Crippen molar-refractivity contribution in [2.24, 2.45) is 5.41 Å². The van der Waals surface area contributed by atoms with Crippen LogP contribution in [0.1, 0.15) is 32.4 Å². The highest BCUT2D eigenvalue weighted by Gasteiger charge is 2.34. The SMILES string of the molecule is CC(C)(C)[C@@H](c1ccc(F)c(Br)c1O)N1CCNCC1.Cl.Cl. The minimum absolute atomic E-state index is 0. The lowest BCUT2D eigenvalue weighted by molar-refractivity contribution is 0.0841. The number of rotatable bonds is 2. The number of phenolic OH excluding ortho intramolecular Hbond substituents is 1. The molecule has 1 saturated heterocycles. The summed E-state index contributed by atoms with van der Waals surface area (Å²) in [6, 6.07) is 3.18. The van der Waals surface area contributed by atoms with Gasteiger partial charge in [0.1, 0.15) is 11.6 Å². The lowest BCUT2D eigenvalue weighted by atomic mass is 9.80. The Labute approximate surface area is 152 Å². The van der Waals surface area contributed by atoms with Gasteiger partial charge in [0.2, 0.25) is 0 Å². The van der Waals surface area contributed by atoms with Gasteiger partial charge < -0.3 is 10.4 Å². The highest BCUT2D eigenvalue weighted by Crippen LogP contribution is 2.44. The highest BCUT2D eigenvalue weighted by atomic mass is 79.9. The molecule has 1 fully saturated rings. The third-order valence-electron chi connectivity index (χ3n) is 3.73. The van der Waals surface area contributed by atoms with Crippen molar-refractivity contribution in [1.82, 2.24) is 10.2 Å². The average Bonchev–Trinajstić information content (AvgIpc) is 2.39. The molecule has 1 aromatic carbocycles. The van der Waals surface area contributed by atoms with Crippen LogP contribution in [0, 0.1) is 11.2 Å². The lowest BCUT2D eigenvalue weighted by Crippen LogP contribution is -2.48. The number of piperazine rings is 1. The minimum atomic E-state index is -0.431. The van der Waals surface area contributed by atoms with E-state index in [0.717, 1.165) is 31.7 Å². The zero-order valence-corrected chi connectivity index (χ0v) is 16.2. The second kappa shape index (κ2) is 8.69. The molecule has 1 aliphatic rings. The van der Waals surface area contributed by atoms with Crippen molar-refractivity contribution in [1.29, 1.82) is 0 Å². The van der Waals surface area contributed by atoms with E-state index in [-0.39, 0.29) is 46.5 Å². The largest absolute Gasteiger partial charge is 0.506 e. The minimum Gasteiger partial charge on any atom is -0.506 e. The molecule has 0 saturated carbocycles. The van der Waals surface area contributed by atoms with Crippen LogP contribution in [0.4, 0.5) is 4.39 Å². The Kier molecular flexibility index (Phi) is 8.66. The molecular weight excluding hydrogens is 394 g/mol. The molecule has 128 valence electrons. The van der Waals surface area contributed by atoms with E-state index < -0.39 is 5.82 Å². The van der Waals surface area contributed by atoms with E-state index in [1.165, 1.54) is 6.07 Å². The van der Waals surface area contributed by atoms with Gasteiger partial charge in [-0.1, -0.05) is 26.8 Å². The number of hydrogen-bond donors (Lipinski definition) is 2. The molecule has 1 atom stereocenters. The average molecular weight is 418 g/mol. The van der Waals surface area contributed by atoms with Gasteiger partial charge in [-0.2, -0.15) is 0 Å². The molecule has 1 aromatic rings. The monoisotopic (exact) mass is 416 g/mol. The van der Waals surface area contributed by atoms with Gasteiger partial charge >= 0.3 is 0 Å². The van der Waals surface area contributed by atoms with Gasteiger partial charge in [-0.15, -0.1) is 24.8 Å². The lowest BCUT2D eigenvalue weighted by Gasteiger charge is -2.42. The maximum atomic E-state index is 13.5. The van der Waals surface area contributed by atoms with Gasteiger partial charge in [0.15, 0.2) is 0 Å². The van der Waals surface area contributed by atoms with Crippen LogP contribution in [0.15, 0.2) is 16.6 Å². The smallest absolute Gasteiger partial charge is 0.141 e. The number of nitrogens with zero attached hydrogens (tertiary/aromatic N) is 1. The predicted octanol–water partition coefficient (Wildman–Crippen LogP) is 4.13. The molecule has 22 heavy (non-hydrogen) atoms. The summed E-state index contributed by atoms with van der Waals surface area (Å²) in [4.78, 5) is 2.36. The van der Waals surface area contributed by atoms with Gasteiger partial charge in [-0.25, -0.2) is 4.39 Å². The first-order valence-electron chi connectivity index (χ1n) is 6.94. The molecule has 3 nitrogen and oxygen atoms in total. The Hall–Kier alpha value is -0.0700. The number of hydrogen-bond acceptors (Lipinski definition) is 3. The molecular formula is C15H24BrCl2FN2O. The van der Waals surface area contributed by atoms with Crippen LogP contribution in [0.3, 0.4) is 0 Å². The van der Waals surface area contributed by atoms with Crippen LogP contribution in [-0.4, -0.2) is 36.2 Å². The van der Waals surface area contributed by atoms with Crippen molar-refractivity contribution >= 4 is 40.7 Å². The molecule has 0 amide bonds. The maximum Gasteiger partial charge on any atom is 0.141 e. The summed E-state index contributed by atoms with van der Waals surface area (Å²) >= 11 is 3.13. The zero-order valence-electron chi connectivity index (χ0n) is 13.0. The van der Waals surface area contributed by atoms with Crippen molar-refractivity contribution in [2.45, 2.75) is 26.8 Å². The molecule has 2 N–H and O–H groups in total. The van der Waals surface area contributed by atoms with E-state index >= 15 is 0 Å². The van der Waals surface area contributed by atoms with E-state index in [2.05, 4.69) is 46.9 Å². The van der Waals surface area contributed by atoms with Gasteiger partial charge in [0.05, 0.1) is 4.47 Å². The topological polar surface area (TPSA) is 35.5 Å². The number of benzene rings is 1. The number of halogens is 4. The highest BCUT2D eigenvalue weighted by molar-refractivity contribution is 9.10. The Balaban J connectivity index is 0.00000220. The summed E-state index contributed by atoms with van der Waals surface area (Å²) in [5, 5.41) is 13.6. The molecule has 2 rings (SSSR count).